The summed E-state index contributed by atoms with van der Waals surface area (Å²) in [6.07, 6.45) is -0.110. The van der Waals surface area contributed by atoms with Crippen molar-refractivity contribution in [2.24, 2.45) is 0 Å². The minimum absolute atomic E-state index is 0.0319. The summed E-state index contributed by atoms with van der Waals surface area (Å²) in [5.41, 5.74) is 1.36. The van der Waals surface area contributed by atoms with E-state index in [1.54, 1.807) is 25.1 Å². The van der Waals surface area contributed by atoms with E-state index in [0.717, 1.165) is 4.90 Å². The lowest BCUT2D eigenvalue weighted by atomic mass is 10.2. The van der Waals surface area contributed by atoms with Crippen molar-refractivity contribution in [3.8, 4) is 11.5 Å². The lowest BCUT2D eigenvalue weighted by molar-refractivity contribution is -0.121. The van der Waals surface area contributed by atoms with Gasteiger partial charge in [-0.2, -0.15) is 4.31 Å². The van der Waals surface area contributed by atoms with Crippen molar-refractivity contribution in [2.45, 2.75) is 24.3 Å². The molecule has 2 aromatic rings. The quantitative estimate of drug-likeness (QED) is 0.550. The highest BCUT2D eigenvalue weighted by Crippen LogP contribution is 2.37. The number of anilines is 2. The predicted octanol–water partition coefficient (Wildman–Crippen LogP) is 2.43. The Morgan fingerprint density at radius 2 is 1.74 bits per heavy atom. The zero-order valence-corrected chi connectivity index (χ0v) is 21.1. The first-order valence-corrected chi connectivity index (χ1v) is 12.7. The number of sulfonamides is 1. The summed E-state index contributed by atoms with van der Waals surface area (Å²) in [6.45, 7) is 2.84. The first-order chi connectivity index (χ1) is 16.7. The van der Waals surface area contributed by atoms with Crippen LogP contribution in [0.25, 0.3) is 0 Å². The maximum Gasteiger partial charge on any atom is 0.256 e. The van der Waals surface area contributed by atoms with E-state index >= 15 is 0 Å². The molecule has 0 bridgehead atoms. The number of ether oxygens (including phenoxy) is 3. The van der Waals surface area contributed by atoms with E-state index in [2.05, 4.69) is 5.32 Å². The number of nitrogens with zero attached hydrogens (tertiary/aromatic N) is 2. The average molecular weight is 524 g/mol. The summed E-state index contributed by atoms with van der Waals surface area (Å²) in [4.78, 5) is 27.1. The highest BCUT2D eigenvalue weighted by atomic mass is 35.5. The van der Waals surface area contributed by atoms with Crippen molar-refractivity contribution in [1.82, 2.24) is 4.31 Å². The molecule has 2 aliphatic rings. The van der Waals surface area contributed by atoms with Gasteiger partial charge in [-0.3, -0.25) is 9.59 Å². The van der Waals surface area contributed by atoms with Gasteiger partial charge in [0.2, 0.25) is 15.9 Å². The molecule has 2 aromatic carbocycles. The fourth-order valence-corrected chi connectivity index (χ4v) is 5.82. The molecule has 1 unspecified atom stereocenters. The number of morpholine rings is 1. The number of hydrogen-bond acceptors (Lipinski definition) is 8. The molecule has 188 valence electrons. The molecule has 2 aliphatic heterocycles. The van der Waals surface area contributed by atoms with E-state index in [4.69, 9.17) is 25.8 Å². The molecule has 1 N–H and O–H groups in total. The van der Waals surface area contributed by atoms with Crippen molar-refractivity contribution in [3.05, 3.63) is 40.9 Å². The molecule has 0 saturated carbocycles. The van der Waals surface area contributed by atoms with Crippen LogP contribution in [0.1, 0.15) is 12.0 Å². The van der Waals surface area contributed by atoms with Crippen LogP contribution in [0.5, 0.6) is 11.5 Å². The third kappa shape index (κ3) is 4.81. The number of hydrogen-bond donors (Lipinski definition) is 1. The van der Waals surface area contributed by atoms with Gasteiger partial charge in [0.1, 0.15) is 22.4 Å². The first-order valence-electron chi connectivity index (χ1n) is 10.9. The van der Waals surface area contributed by atoms with E-state index in [9.17, 15) is 18.0 Å². The third-order valence-corrected chi connectivity index (χ3v) is 8.27. The summed E-state index contributed by atoms with van der Waals surface area (Å²) < 4.78 is 43.7. The van der Waals surface area contributed by atoms with Gasteiger partial charge in [-0.05, 0) is 36.8 Å². The Morgan fingerprint density at radius 3 is 2.40 bits per heavy atom. The van der Waals surface area contributed by atoms with Crippen LogP contribution >= 0.6 is 11.6 Å². The van der Waals surface area contributed by atoms with Gasteiger partial charge in [-0.25, -0.2) is 13.3 Å². The highest BCUT2D eigenvalue weighted by Gasteiger charge is 2.41. The van der Waals surface area contributed by atoms with Crippen LogP contribution in [0, 0.1) is 6.92 Å². The van der Waals surface area contributed by atoms with Gasteiger partial charge in [0.05, 0.1) is 39.5 Å². The zero-order valence-electron chi connectivity index (χ0n) is 19.5. The molecule has 0 spiro atoms. The Labute approximate surface area is 208 Å². The Morgan fingerprint density at radius 1 is 1.06 bits per heavy atom. The van der Waals surface area contributed by atoms with E-state index in [0.29, 0.717) is 40.9 Å². The minimum atomic E-state index is -3.86. The highest BCUT2D eigenvalue weighted by molar-refractivity contribution is 7.89. The topological polar surface area (TPSA) is 114 Å². The van der Waals surface area contributed by atoms with Gasteiger partial charge in [0.15, 0.2) is 0 Å². The fourth-order valence-electron chi connectivity index (χ4n) is 4.08. The van der Waals surface area contributed by atoms with Gasteiger partial charge in [0, 0.05) is 29.9 Å². The van der Waals surface area contributed by atoms with Crippen molar-refractivity contribution in [2.75, 3.05) is 50.7 Å². The predicted molar refractivity (Wildman–Crippen MR) is 130 cm³/mol. The number of rotatable bonds is 7. The van der Waals surface area contributed by atoms with E-state index in [1.807, 2.05) is 0 Å². The maximum atomic E-state index is 13.2. The van der Waals surface area contributed by atoms with Crippen LogP contribution in [-0.2, 0) is 24.3 Å². The zero-order chi connectivity index (χ0) is 25.3. The Balaban J connectivity index is 1.62. The van der Waals surface area contributed by atoms with Crippen LogP contribution in [0.4, 0.5) is 11.4 Å². The second kappa shape index (κ2) is 10.0. The van der Waals surface area contributed by atoms with Crippen molar-refractivity contribution < 1.29 is 32.2 Å². The van der Waals surface area contributed by atoms with Crippen molar-refractivity contribution >= 4 is 44.8 Å². The van der Waals surface area contributed by atoms with Gasteiger partial charge in [-0.15, -0.1) is 0 Å². The molecule has 0 radical (unpaired) electrons. The molecule has 1 atom stereocenters. The smallest absolute Gasteiger partial charge is 0.256 e. The van der Waals surface area contributed by atoms with E-state index in [-0.39, 0.29) is 30.2 Å². The maximum absolute atomic E-state index is 13.2. The molecule has 2 saturated heterocycles. The molecule has 4 rings (SSSR count). The van der Waals surface area contributed by atoms with E-state index in [1.165, 1.54) is 30.7 Å². The van der Waals surface area contributed by atoms with Crippen LogP contribution in [0.3, 0.4) is 0 Å². The number of halogens is 1. The Bertz CT molecular complexity index is 1260. The summed E-state index contributed by atoms with van der Waals surface area (Å²) in [5, 5.41) is 3.46. The van der Waals surface area contributed by atoms with Crippen LogP contribution in [0.15, 0.2) is 35.2 Å². The number of aryl methyl sites for hydroxylation is 1. The summed E-state index contributed by atoms with van der Waals surface area (Å²) in [5.74, 6) is -0.421. The second-order valence-electron chi connectivity index (χ2n) is 8.12. The second-order valence-corrected chi connectivity index (χ2v) is 10.4. The molecule has 0 aromatic heterocycles. The van der Waals surface area contributed by atoms with Gasteiger partial charge in [0.25, 0.3) is 5.91 Å². The van der Waals surface area contributed by atoms with Crippen LogP contribution in [0.2, 0.25) is 5.02 Å². The molecule has 0 aliphatic carbocycles. The number of imide groups is 1. The number of carbonyl (C=O) groups excluding carboxylic acids is 2. The van der Waals surface area contributed by atoms with Gasteiger partial charge < -0.3 is 19.5 Å². The summed E-state index contributed by atoms with van der Waals surface area (Å²) >= 11 is 6.16. The molecular weight excluding hydrogens is 498 g/mol. The number of carbonyl (C=O) groups is 2. The largest absolute Gasteiger partial charge is 0.495 e. The molecule has 2 amide bonds. The van der Waals surface area contributed by atoms with Crippen molar-refractivity contribution in [3.63, 3.8) is 0 Å². The molecule has 35 heavy (non-hydrogen) atoms. The fraction of sp³-hybridized carbons (Fsp3) is 0.391. The number of amides is 2. The lowest BCUT2D eigenvalue weighted by Crippen LogP contribution is -2.40. The van der Waals surface area contributed by atoms with Gasteiger partial charge in [-0.1, -0.05) is 11.6 Å². The monoisotopic (exact) mass is 523 g/mol. The Kier molecular flexibility index (Phi) is 7.22. The third-order valence-electron chi connectivity index (χ3n) is 5.94. The molecule has 2 heterocycles. The SMILES string of the molecule is COc1cc(Cl)c(C)cc1N1C(=O)CC(Nc2ccc(OC)c(S(=O)(=O)N3CCOCC3)c2)C1=O. The summed E-state index contributed by atoms with van der Waals surface area (Å²) in [7, 11) is -1.04. The lowest BCUT2D eigenvalue weighted by Gasteiger charge is -2.27. The normalized spacial score (nSPS) is 19.2. The minimum Gasteiger partial charge on any atom is -0.495 e. The number of nitrogens with one attached hydrogen (secondary N) is 1. The van der Waals surface area contributed by atoms with Crippen LogP contribution < -0.4 is 19.7 Å². The van der Waals surface area contributed by atoms with E-state index < -0.39 is 27.9 Å². The number of methoxy groups -OCH3 is 2. The average Bonchev–Trinajstić information content (AvgIpc) is 3.13. The standard InChI is InChI=1S/C23H26ClN3O7S/c1-14-10-18(20(33-3)12-16(14)24)27-22(28)13-17(23(27)29)25-15-4-5-19(32-2)21(11-15)35(30,31)26-6-8-34-9-7-26/h4-5,10-12,17,25H,6-9,13H2,1-3H3. The number of benzene rings is 2. The van der Waals surface area contributed by atoms with Gasteiger partial charge >= 0.3 is 0 Å². The van der Waals surface area contributed by atoms with Crippen molar-refractivity contribution in [1.29, 1.82) is 0 Å². The molecule has 10 nitrogen and oxygen atoms in total. The summed E-state index contributed by atoms with van der Waals surface area (Å²) in [6, 6.07) is 6.82. The van der Waals surface area contributed by atoms with Crippen LogP contribution in [-0.4, -0.2) is 71.1 Å². The first kappa shape index (κ1) is 25.2. The Hall–Kier alpha value is -2.86. The molecule has 12 heteroatoms. The molecule has 2 fully saturated rings. The molecular formula is C23H26ClN3O7S.